The third kappa shape index (κ3) is 3.92. The standard InChI is InChI=1S/C15H22N2O4S2/c1-11(2)16-17(14-7-8-22(18,19)10-14)23(20,21)15-6-5-12(3)13(4)9-15/h5-6,9,14H,7-8,10H2,1-4H3/t14-/m0/s1. The van der Waals surface area contributed by atoms with Crippen LogP contribution in [0.3, 0.4) is 0 Å². The molecule has 0 unspecified atom stereocenters. The molecule has 1 aliphatic heterocycles. The maximum atomic E-state index is 13.0. The van der Waals surface area contributed by atoms with Crippen molar-refractivity contribution in [2.24, 2.45) is 5.10 Å². The molecule has 1 aromatic rings. The van der Waals surface area contributed by atoms with Crippen molar-refractivity contribution in [3.8, 4) is 0 Å². The highest BCUT2D eigenvalue weighted by Crippen LogP contribution is 2.26. The number of benzene rings is 1. The molecule has 0 N–H and O–H groups in total. The summed E-state index contributed by atoms with van der Waals surface area (Å²) < 4.78 is 50.3. The number of rotatable bonds is 4. The molecule has 8 heteroatoms. The Morgan fingerprint density at radius 3 is 2.35 bits per heavy atom. The molecule has 1 atom stereocenters. The van der Waals surface area contributed by atoms with Gasteiger partial charge < -0.3 is 0 Å². The van der Waals surface area contributed by atoms with Gasteiger partial charge in [0.25, 0.3) is 10.0 Å². The maximum Gasteiger partial charge on any atom is 0.279 e. The van der Waals surface area contributed by atoms with Crippen LogP contribution in [0, 0.1) is 13.8 Å². The van der Waals surface area contributed by atoms with Crippen molar-refractivity contribution < 1.29 is 16.8 Å². The molecule has 1 heterocycles. The highest BCUT2D eigenvalue weighted by molar-refractivity contribution is 7.92. The monoisotopic (exact) mass is 358 g/mol. The van der Waals surface area contributed by atoms with Crippen LogP contribution in [0.5, 0.6) is 0 Å². The molecule has 128 valence electrons. The van der Waals surface area contributed by atoms with Crippen LogP contribution in [-0.2, 0) is 19.9 Å². The van der Waals surface area contributed by atoms with Crippen LogP contribution in [0.4, 0.5) is 0 Å². The Morgan fingerprint density at radius 1 is 1.22 bits per heavy atom. The quantitative estimate of drug-likeness (QED) is 0.608. The van der Waals surface area contributed by atoms with Gasteiger partial charge in [0, 0.05) is 5.71 Å². The molecule has 0 radical (unpaired) electrons. The number of aryl methyl sites for hydroxylation is 2. The zero-order valence-corrected chi connectivity index (χ0v) is 15.4. The van der Waals surface area contributed by atoms with Crippen LogP contribution >= 0.6 is 0 Å². The van der Waals surface area contributed by atoms with Crippen LogP contribution in [0.1, 0.15) is 31.4 Å². The first-order valence-corrected chi connectivity index (χ1v) is 10.6. The SMILES string of the molecule is CC(C)=NN([C@H]1CCS(=O)(=O)C1)S(=O)(=O)c1ccc(C)c(C)c1. The normalized spacial score (nSPS) is 20.3. The van der Waals surface area contributed by atoms with Crippen molar-refractivity contribution in [3.05, 3.63) is 29.3 Å². The van der Waals surface area contributed by atoms with Gasteiger partial charge in [0.15, 0.2) is 9.84 Å². The third-order valence-electron chi connectivity index (χ3n) is 3.84. The summed E-state index contributed by atoms with van der Waals surface area (Å²) in [7, 11) is -7.10. The van der Waals surface area contributed by atoms with Crippen molar-refractivity contribution in [2.45, 2.75) is 45.1 Å². The number of hydrogen-bond acceptors (Lipinski definition) is 5. The van der Waals surface area contributed by atoms with Gasteiger partial charge in [-0.05, 0) is 57.4 Å². The van der Waals surface area contributed by atoms with Crippen LogP contribution < -0.4 is 0 Å². The van der Waals surface area contributed by atoms with E-state index < -0.39 is 25.9 Å². The molecule has 0 bridgehead atoms. The zero-order valence-electron chi connectivity index (χ0n) is 13.8. The molecule has 0 aliphatic carbocycles. The lowest BCUT2D eigenvalue weighted by atomic mass is 10.1. The van der Waals surface area contributed by atoms with Crippen molar-refractivity contribution in [1.29, 1.82) is 0 Å². The van der Waals surface area contributed by atoms with Crippen molar-refractivity contribution in [1.82, 2.24) is 4.41 Å². The van der Waals surface area contributed by atoms with E-state index in [0.717, 1.165) is 15.5 Å². The number of hydrazone groups is 1. The zero-order chi connectivity index (χ0) is 17.4. The van der Waals surface area contributed by atoms with Gasteiger partial charge >= 0.3 is 0 Å². The summed E-state index contributed by atoms with van der Waals surface area (Å²) in [6.07, 6.45) is 0.267. The van der Waals surface area contributed by atoms with E-state index in [2.05, 4.69) is 5.10 Å². The van der Waals surface area contributed by atoms with E-state index in [9.17, 15) is 16.8 Å². The lowest BCUT2D eigenvalue weighted by Gasteiger charge is -2.25. The third-order valence-corrected chi connectivity index (χ3v) is 7.31. The maximum absolute atomic E-state index is 13.0. The summed E-state index contributed by atoms with van der Waals surface area (Å²) in [5, 5.41) is 4.12. The van der Waals surface area contributed by atoms with Crippen LogP contribution in [0.25, 0.3) is 0 Å². The Balaban J connectivity index is 2.49. The lowest BCUT2D eigenvalue weighted by Crippen LogP contribution is -2.37. The molecule has 1 aromatic carbocycles. The smallest absolute Gasteiger partial charge is 0.229 e. The summed E-state index contributed by atoms with van der Waals surface area (Å²) >= 11 is 0. The fraction of sp³-hybridized carbons (Fsp3) is 0.533. The molecule has 1 fully saturated rings. The van der Waals surface area contributed by atoms with Gasteiger partial charge in [-0.25, -0.2) is 8.42 Å². The first-order valence-electron chi connectivity index (χ1n) is 7.37. The summed E-state index contributed by atoms with van der Waals surface area (Å²) in [4.78, 5) is 0.134. The van der Waals surface area contributed by atoms with Crippen LogP contribution in [0.15, 0.2) is 28.2 Å². The van der Waals surface area contributed by atoms with Crippen LogP contribution in [0.2, 0.25) is 0 Å². The Labute approximate surface area is 138 Å². The van der Waals surface area contributed by atoms with Crippen LogP contribution in [-0.4, -0.2) is 44.5 Å². The largest absolute Gasteiger partial charge is 0.279 e. The predicted octanol–water partition coefficient (Wildman–Crippen LogP) is 1.88. The number of nitrogens with zero attached hydrogens (tertiary/aromatic N) is 2. The molecule has 2 rings (SSSR count). The molecule has 1 saturated heterocycles. The number of hydrogen-bond donors (Lipinski definition) is 0. The minimum Gasteiger partial charge on any atom is -0.229 e. The molecule has 0 spiro atoms. The first-order chi connectivity index (χ1) is 10.5. The molecule has 0 amide bonds. The van der Waals surface area contributed by atoms with E-state index in [1.807, 2.05) is 13.8 Å². The van der Waals surface area contributed by atoms with E-state index in [-0.39, 0.29) is 22.8 Å². The Bertz CT molecular complexity index is 838. The molecular weight excluding hydrogens is 336 g/mol. The summed E-state index contributed by atoms with van der Waals surface area (Å²) in [5.41, 5.74) is 2.41. The average molecular weight is 358 g/mol. The number of sulfone groups is 1. The minimum absolute atomic E-state index is 0.00507. The van der Waals surface area contributed by atoms with Crippen molar-refractivity contribution in [3.63, 3.8) is 0 Å². The summed E-state index contributed by atoms with van der Waals surface area (Å²) in [6.45, 7) is 7.12. The highest BCUT2D eigenvalue weighted by atomic mass is 32.2. The van der Waals surface area contributed by atoms with Gasteiger partial charge in [0.2, 0.25) is 0 Å². The molecule has 0 saturated carbocycles. The first kappa shape index (κ1) is 17.9. The average Bonchev–Trinajstić information content (AvgIpc) is 2.78. The van der Waals surface area contributed by atoms with Gasteiger partial charge in [-0.15, -0.1) is 0 Å². The van der Waals surface area contributed by atoms with Gasteiger partial charge in [-0.2, -0.15) is 17.9 Å². The van der Waals surface area contributed by atoms with Gasteiger partial charge in [0.1, 0.15) is 0 Å². The van der Waals surface area contributed by atoms with E-state index >= 15 is 0 Å². The molecule has 0 aromatic heterocycles. The van der Waals surface area contributed by atoms with Gasteiger partial charge in [-0.3, -0.25) is 0 Å². The van der Waals surface area contributed by atoms with E-state index in [4.69, 9.17) is 0 Å². The number of sulfonamides is 1. The molecular formula is C15H22N2O4S2. The Morgan fingerprint density at radius 2 is 1.87 bits per heavy atom. The van der Waals surface area contributed by atoms with Crippen molar-refractivity contribution in [2.75, 3.05) is 11.5 Å². The van der Waals surface area contributed by atoms with Gasteiger partial charge in [0.05, 0.1) is 22.4 Å². The molecule has 23 heavy (non-hydrogen) atoms. The van der Waals surface area contributed by atoms with E-state index in [1.54, 1.807) is 26.0 Å². The topological polar surface area (TPSA) is 83.9 Å². The Kier molecular flexibility index (Phi) is 4.86. The van der Waals surface area contributed by atoms with Gasteiger partial charge in [-0.1, -0.05) is 6.07 Å². The second-order valence-electron chi connectivity index (χ2n) is 6.13. The minimum atomic E-state index is -3.89. The Hall–Kier alpha value is -1.41. The molecule has 6 nitrogen and oxygen atoms in total. The second-order valence-corrected chi connectivity index (χ2v) is 10.2. The second kappa shape index (κ2) is 6.24. The van der Waals surface area contributed by atoms with E-state index in [1.165, 1.54) is 6.07 Å². The fourth-order valence-corrected chi connectivity index (χ4v) is 5.87. The lowest BCUT2D eigenvalue weighted by molar-refractivity contribution is 0.355. The van der Waals surface area contributed by atoms with E-state index in [0.29, 0.717) is 5.71 Å². The predicted molar refractivity (Wildman–Crippen MR) is 90.8 cm³/mol. The highest BCUT2D eigenvalue weighted by Gasteiger charge is 2.38. The summed E-state index contributed by atoms with van der Waals surface area (Å²) in [5.74, 6) is -0.192. The van der Waals surface area contributed by atoms with Crippen molar-refractivity contribution >= 4 is 25.6 Å². The fourth-order valence-electron chi connectivity index (χ4n) is 2.46. The summed E-state index contributed by atoms with van der Waals surface area (Å²) in [6, 6.07) is 4.23. The molecule has 1 aliphatic rings.